The lowest BCUT2D eigenvalue weighted by atomic mass is 9.73. The number of hydrogen-bond acceptors (Lipinski definition) is 4. The summed E-state index contributed by atoms with van der Waals surface area (Å²) in [7, 11) is 0. The average molecular weight is 261 g/mol. The first kappa shape index (κ1) is 15.3. The molecule has 1 saturated carbocycles. The molecular weight excluding hydrogens is 234 g/mol. The van der Waals surface area contributed by atoms with Gasteiger partial charge in [0, 0.05) is 17.0 Å². The zero-order valence-electron chi connectivity index (χ0n) is 11.3. The van der Waals surface area contributed by atoms with Crippen LogP contribution in [-0.4, -0.2) is 46.5 Å². The third-order valence-electron chi connectivity index (χ3n) is 3.66. The number of aliphatic hydroxyl groups is 2. The number of rotatable bonds is 6. The first-order valence-corrected chi connectivity index (χ1v) is 7.70. The van der Waals surface area contributed by atoms with Gasteiger partial charge in [0.15, 0.2) is 0 Å². The van der Waals surface area contributed by atoms with Gasteiger partial charge >= 0.3 is 0 Å². The largest absolute Gasteiger partial charge is 0.394 e. The van der Waals surface area contributed by atoms with Crippen molar-refractivity contribution in [2.45, 2.75) is 57.4 Å². The highest BCUT2D eigenvalue weighted by atomic mass is 32.2. The molecule has 3 nitrogen and oxygen atoms in total. The fourth-order valence-electron chi connectivity index (χ4n) is 2.68. The van der Waals surface area contributed by atoms with E-state index in [2.05, 4.69) is 26.1 Å². The van der Waals surface area contributed by atoms with Crippen molar-refractivity contribution >= 4 is 11.8 Å². The Kier molecular flexibility index (Phi) is 6.27. The van der Waals surface area contributed by atoms with E-state index in [1.807, 2.05) is 11.8 Å². The number of aliphatic hydroxyl groups excluding tert-OH is 2. The second-order valence-electron chi connectivity index (χ2n) is 5.62. The molecule has 102 valence electrons. The van der Waals surface area contributed by atoms with Crippen LogP contribution >= 0.6 is 11.8 Å². The molecule has 3 N–H and O–H groups in total. The molecule has 0 radical (unpaired) electrons. The van der Waals surface area contributed by atoms with Crippen molar-refractivity contribution in [3.63, 3.8) is 0 Å². The Morgan fingerprint density at radius 1 is 1.47 bits per heavy atom. The second kappa shape index (κ2) is 6.98. The van der Waals surface area contributed by atoms with Gasteiger partial charge in [0.2, 0.25) is 0 Å². The first-order chi connectivity index (χ1) is 8.01. The van der Waals surface area contributed by atoms with E-state index in [1.54, 1.807) is 0 Å². The highest BCUT2D eigenvalue weighted by molar-refractivity contribution is 8.00. The lowest BCUT2D eigenvalue weighted by Crippen LogP contribution is -2.51. The summed E-state index contributed by atoms with van der Waals surface area (Å²) >= 11 is 1.81. The SMILES string of the molecule is CCNC1C(SCC(O)CO)CCCC1(C)C. The topological polar surface area (TPSA) is 52.5 Å². The molecule has 0 heterocycles. The number of nitrogens with one attached hydrogen (secondary N) is 1. The van der Waals surface area contributed by atoms with Crippen LogP contribution in [-0.2, 0) is 0 Å². The molecular formula is C13H27NO2S. The molecule has 0 bridgehead atoms. The zero-order valence-corrected chi connectivity index (χ0v) is 12.1. The molecule has 0 saturated heterocycles. The van der Waals surface area contributed by atoms with Crippen molar-refractivity contribution < 1.29 is 10.2 Å². The van der Waals surface area contributed by atoms with Gasteiger partial charge < -0.3 is 15.5 Å². The third-order valence-corrected chi connectivity index (χ3v) is 5.17. The Hall–Kier alpha value is 0.230. The number of hydrogen-bond donors (Lipinski definition) is 3. The molecule has 1 fully saturated rings. The smallest absolute Gasteiger partial charge is 0.0861 e. The fraction of sp³-hybridized carbons (Fsp3) is 1.00. The van der Waals surface area contributed by atoms with E-state index in [-0.39, 0.29) is 6.61 Å². The Labute approximate surface area is 109 Å². The summed E-state index contributed by atoms with van der Waals surface area (Å²) < 4.78 is 0. The fourth-order valence-corrected chi connectivity index (χ4v) is 4.24. The van der Waals surface area contributed by atoms with Crippen molar-refractivity contribution in [1.82, 2.24) is 5.32 Å². The molecule has 0 aromatic rings. The third kappa shape index (κ3) is 4.43. The van der Waals surface area contributed by atoms with Gasteiger partial charge in [-0.15, -0.1) is 0 Å². The molecule has 3 unspecified atom stereocenters. The molecule has 1 rings (SSSR count). The predicted molar refractivity (Wildman–Crippen MR) is 74.4 cm³/mol. The predicted octanol–water partition coefficient (Wildman–Crippen LogP) is 1.63. The van der Waals surface area contributed by atoms with E-state index in [1.165, 1.54) is 19.3 Å². The first-order valence-electron chi connectivity index (χ1n) is 6.65. The van der Waals surface area contributed by atoms with Gasteiger partial charge in [-0.3, -0.25) is 0 Å². The Morgan fingerprint density at radius 3 is 2.76 bits per heavy atom. The number of thioether (sulfide) groups is 1. The lowest BCUT2D eigenvalue weighted by Gasteiger charge is -2.44. The molecule has 0 amide bonds. The molecule has 17 heavy (non-hydrogen) atoms. The Balaban J connectivity index is 2.54. The molecule has 0 aromatic carbocycles. The summed E-state index contributed by atoms with van der Waals surface area (Å²) in [6.45, 7) is 7.67. The average Bonchev–Trinajstić information content (AvgIpc) is 2.29. The van der Waals surface area contributed by atoms with Gasteiger partial charge in [-0.1, -0.05) is 27.2 Å². The molecule has 0 aliphatic heterocycles. The molecule has 4 heteroatoms. The monoisotopic (exact) mass is 261 g/mol. The van der Waals surface area contributed by atoms with Crippen LogP contribution in [0, 0.1) is 5.41 Å². The van der Waals surface area contributed by atoms with Gasteiger partial charge in [0.1, 0.15) is 0 Å². The summed E-state index contributed by atoms with van der Waals surface area (Å²) in [5, 5.41) is 22.5. The van der Waals surface area contributed by atoms with E-state index in [9.17, 15) is 5.11 Å². The maximum absolute atomic E-state index is 9.44. The molecule has 0 spiro atoms. The van der Waals surface area contributed by atoms with Crippen LogP contribution in [0.4, 0.5) is 0 Å². The van der Waals surface area contributed by atoms with Gasteiger partial charge in [0.25, 0.3) is 0 Å². The Morgan fingerprint density at radius 2 is 2.18 bits per heavy atom. The van der Waals surface area contributed by atoms with Gasteiger partial charge in [-0.2, -0.15) is 11.8 Å². The van der Waals surface area contributed by atoms with Crippen LogP contribution in [0.15, 0.2) is 0 Å². The quantitative estimate of drug-likeness (QED) is 0.680. The standard InChI is InChI=1S/C13H27NO2S/c1-4-14-12-11(17-9-10(16)8-15)6-5-7-13(12,2)3/h10-12,14-16H,4-9H2,1-3H3. The van der Waals surface area contributed by atoms with E-state index in [0.29, 0.717) is 22.5 Å². The summed E-state index contributed by atoms with van der Waals surface area (Å²) in [6, 6.07) is 0.511. The van der Waals surface area contributed by atoms with Crippen molar-refractivity contribution in [3.8, 4) is 0 Å². The van der Waals surface area contributed by atoms with E-state index in [4.69, 9.17) is 5.11 Å². The maximum atomic E-state index is 9.44. The van der Waals surface area contributed by atoms with Crippen LogP contribution in [0.1, 0.15) is 40.0 Å². The van der Waals surface area contributed by atoms with Crippen LogP contribution in [0.5, 0.6) is 0 Å². The second-order valence-corrected chi connectivity index (χ2v) is 6.90. The van der Waals surface area contributed by atoms with Gasteiger partial charge in [-0.05, 0) is 24.8 Å². The highest BCUT2D eigenvalue weighted by Gasteiger charge is 2.38. The molecule has 1 aliphatic rings. The summed E-state index contributed by atoms with van der Waals surface area (Å²) in [5.74, 6) is 0.638. The maximum Gasteiger partial charge on any atom is 0.0861 e. The minimum absolute atomic E-state index is 0.130. The van der Waals surface area contributed by atoms with E-state index < -0.39 is 6.10 Å². The Bertz CT molecular complexity index is 223. The molecule has 1 aliphatic carbocycles. The zero-order chi connectivity index (χ0) is 12.9. The van der Waals surface area contributed by atoms with E-state index in [0.717, 1.165) is 6.54 Å². The van der Waals surface area contributed by atoms with Crippen molar-refractivity contribution in [1.29, 1.82) is 0 Å². The van der Waals surface area contributed by atoms with Crippen LogP contribution < -0.4 is 5.32 Å². The molecule has 0 aromatic heterocycles. The van der Waals surface area contributed by atoms with Crippen LogP contribution in [0.25, 0.3) is 0 Å². The van der Waals surface area contributed by atoms with Crippen molar-refractivity contribution in [2.24, 2.45) is 5.41 Å². The minimum Gasteiger partial charge on any atom is -0.394 e. The molecule has 3 atom stereocenters. The summed E-state index contributed by atoms with van der Waals surface area (Å²) in [4.78, 5) is 0. The van der Waals surface area contributed by atoms with Crippen LogP contribution in [0.3, 0.4) is 0 Å². The van der Waals surface area contributed by atoms with E-state index >= 15 is 0 Å². The van der Waals surface area contributed by atoms with Gasteiger partial charge in [-0.25, -0.2) is 0 Å². The summed E-state index contributed by atoms with van der Waals surface area (Å²) in [6.07, 6.45) is 3.17. The van der Waals surface area contributed by atoms with Crippen LogP contribution in [0.2, 0.25) is 0 Å². The van der Waals surface area contributed by atoms with Crippen molar-refractivity contribution in [2.75, 3.05) is 18.9 Å². The lowest BCUT2D eigenvalue weighted by molar-refractivity contribution is 0.113. The minimum atomic E-state index is -0.577. The highest BCUT2D eigenvalue weighted by Crippen LogP contribution is 2.40. The normalized spacial score (nSPS) is 30.2. The van der Waals surface area contributed by atoms with Crippen molar-refractivity contribution in [3.05, 3.63) is 0 Å². The summed E-state index contributed by atoms with van der Waals surface area (Å²) in [5.41, 5.74) is 0.329. The van der Waals surface area contributed by atoms with Gasteiger partial charge in [0.05, 0.1) is 12.7 Å².